The highest BCUT2D eigenvalue weighted by Gasteiger charge is 2.06. The van der Waals surface area contributed by atoms with Crippen molar-refractivity contribution in [3.63, 3.8) is 0 Å². The third kappa shape index (κ3) is 3.98. The van der Waals surface area contributed by atoms with E-state index in [0.29, 0.717) is 0 Å². The number of amides is 1. The molecule has 16 heavy (non-hydrogen) atoms. The molecule has 1 aromatic rings. The highest BCUT2D eigenvalue weighted by Crippen LogP contribution is 2.14. The van der Waals surface area contributed by atoms with E-state index in [2.05, 4.69) is 10.6 Å². The van der Waals surface area contributed by atoms with Crippen molar-refractivity contribution in [1.29, 1.82) is 0 Å². The van der Waals surface area contributed by atoms with Gasteiger partial charge < -0.3 is 10.6 Å². The first-order chi connectivity index (χ1) is 7.49. The van der Waals surface area contributed by atoms with E-state index in [9.17, 15) is 9.18 Å². The summed E-state index contributed by atoms with van der Waals surface area (Å²) < 4.78 is 13.4. The Hall–Kier alpha value is -1.42. The molecule has 0 atom stereocenters. The van der Waals surface area contributed by atoms with Crippen LogP contribution in [-0.2, 0) is 4.79 Å². The second-order valence-corrected chi connectivity index (χ2v) is 4.07. The molecule has 0 saturated heterocycles. The number of nitrogens with one attached hydrogen (secondary N) is 2. The number of carbonyl (C=O) groups excluding carboxylic acids is 1. The predicted octanol–water partition coefficient (Wildman–Crippen LogP) is 2.07. The van der Waals surface area contributed by atoms with E-state index in [0.717, 1.165) is 5.56 Å². The lowest BCUT2D eigenvalue weighted by molar-refractivity contribution is -0.115. The predicted molar refractivity (Wildman–Crippen MR) is 62.9 cm³/mol. The summed E-state index contributed by atoms with van der Waals surface area (Å²) in [5.74, 6) is -0.644. The van der Waals surface area contributed by atoms with E-state index in [1.807, 2.05) is 13.8 Å². The molecule has 0 radical (unpaired) electrons. The molecule has 0 spiro atoms. The topological polar surface area (TPSA) is 41.1 Å². The van der Waals surface area contributed by atoms with Crippen LogP contribution in [0, 0.1) is 12.7 Å². The number of aryl methyl sites for hydroxylation is 1. The molecular formula is C12H17FN2O. The first kappa shape index (κ1) is 12.6. The van der Waals surface area contributed by atoms with Crippen LogP contribution in [0.1, 0.15) is 19.4 Å². The lowest BCUT2D eigenvalue weighted by Crippen LogP contribution is -2.32. The van der Waals surface area contributed by atoms with E-state index in [4.69, 9.17) is 0 Å². The zero-order chi connectivity index (χ0) is 12.1. The third-order valence-corrected chi connectivity index (χ3v) is 2.07. The summed E-state index contributed by atoms with van der Waals surface area (Å²) in [5, 5.41) is 5.48. The standard InChI is InChI=1S/C12H17FN2O/c1-8(2)14-7-12(16)15-11-5-4-9(3)6-10(11)13/h4-6,8,14H,7H2,1-3H3,(H,15,16). The fourth-order valence-electron chi connectivity index (χ4n) is 1.21. The van der Waals surface area contributed by atoms with Crippen molar-refractivity contribution in [2.24, 2.45) is 0 Å². The molecule has 3 nitrogen and oxygen atoms in total. The van der Waals surface area contributed by atoms with Gasteiger partial charge in [0.1, 0.15) is 5.82 Å². The molecule has 0 aliphatic carbocycles. The Bertz CT molecular complexity index is 377. The van der Waals surface area contributed by atoms with E-state index in [1.54, 1.807) is 19.1 Å². The molecule has 2 N–H and O–H groups in total. The van der Waals surface area contributed by atoms with Gasteiger partial charge in [-0.3, -0.25) is 4.79 Å². The van der Waals surface area contributed by atoms with E-state index >= 15 is 0 Å². The Morgan fingerprint density at radius 1 is 1.44 bits per heavy atom. The summed E-state index contributed by atoms with van der Waals surface area (Å²) in [7, 11) is 0. The van der Waals surface area contributed by atoms with E-state index in [-0.39, 0.29) is 24.2 Å². The van der Waals surface area contributed by atoms with Gasteiger partial charge in [-0.25, -0.2) is 4.39 Å². The maximum Gasteiger partial charge on any atom is 0.238 e. The molecule has 0 aliphatic heterocycles. The van der Waals surface area contributed by atoms with Crippen molar-refractivity contribution in [3.8, 4) is 0 Å². The van der Waals surface area contributed by atoms with Gasteiger partial charge in [0.25, 0.3) is 0 Å². The van der Waals surface area contributed by atoms with Crippen LogP contribution >= 0.6 is 0 Å². The molecule has 0 heterocycles. The first-order valence-electron chi connectivity index (χ1n) is 5.28. The summed E-state index contributed by atoms with van der Waals surface area (Å²) in [6, 6.07) is 4.95. The van der Waals surface area contributed by atoms with Crippen molar-refractivity contribution in [2.75, 3.05) is 11.9 Å². The maximum atomic E-state index is 13.4. The smallest absolute Gasteiger partial charge is 0.238 e. The molecule has 1 rings (SSSR count). The lowest BCUT2D eigenvalue weighted by Gasteiger charge is -2.09. The number of benzene rings is 1. The van der Waals surface area contributed by atoms with Gasteiger partial charge in [-0.05, 0) is 24.6 Å². The van der Waals surface area contributed by atoms with Crippen molar-refractivity contribution in [3.05, 3.63) is 29.6 Å². The second-order valence-electron chi connectivity index (χ2n) is 4.07. The molecule has 0 aliphatic rings. The minimum atomic E-state index is -0.405. The van der Waals surface area contributed by atoms with Gasteiger partial charge in [-0.15, -0.1) is 0 Å². The normalized spacial score (nSPS) is 10.6. The van der Waals surface area contributed by atoms with Crippen molar-refractivity contribution in [2.45, 2.75) is 26.8 Å². The average molecular weight is 224 g/mol. The van der Waals surface area contributed by atoms with Crippen molar-refractivity contribution in [1.82, 2.24) is 5.32 Å². The Morgan fingerprint density at radius 2 is 2.12 bits per heavy atom. The molecular weight excluding hydrogens is 207 g/mol. The molecule has 0 saturated carbocycles. The molecule has 0 fully saturated rings. The van der Waals surface area contributed by atoms with Crippen LogP contribution in [0.3, 0.4) is 0 Å². The molecule has 4 heteroatoms. The van der Waals surface area contributed by atoms with Crippen LogP contribution in [0.15, 0.2) is 18.2 Å². The van der Waals surface area contributed by atoms with Gasteiger partial charge in [-0.2, -0.15) is 0 Å². The Morgan fingerprint density at radius 3 is 2.69 bits per heavy atom. The number of carbonyl (C=O) groups is 1. The first-order valence-corrected chi connectivity index (χ1v) is 5.28. The number of hydrogen-bond acceptors (Lipinski definition) is 2. The molecule has 1 aromatic carbocycles. The van der Waals surface area contributed by atoms with Crippen molar-refractivity contribution < 1.29 is 9.18 Å². The van der Waals surface area contributed by atoms with Crippen LogP contribution in [0.4, 0.5) is 10.1 Å². The highest BCUT2D eigenvalue weighted by atomic mass is 19.1. The minimum Gasteiger partial charge on any atom is -0.322 e. The SMILES string of the molecule is Cc1ccc(NC(=O)CNC(C)C)c(F)c1. The molecule has 1 amide bonds. The van der Waals surface area contributed by atoms with E-state index in [1.165, 1.54) is 6.07 Å². The molecule has 0 bridgehead atoms. The maximum absolute atomic E-state index is 13.4. The van der Waals surface area contributed by atoms with Crippen LogP contribution in [-0.4, -0.2) is 18.5 Å². The largest absolute Gasteiger partial charge is 0.322 e. The van der Waals surface area contributed by atoms with Gasteiger partial charge in [0.15, 0.2) is 0 Å². The highest BCUT2D eigenvalue weighted by molar-refractivity contribution is 5.92. The zero-order valence-electron chi connectivity index (χ0n) is 9.80. The number of rotatable bonds is 4. The average Bonchev–Trinajstić information content (AvgIpc) is 2.19. The Balaban J connectivity index is 2.56. The van der Waals surface area contributed by atoms with Crippen LogP contribution in [0.2, 0.25) is 0 Å². The molecule has 88 valence electrons. The van der Waals surface area contributed by atoms with Crippen LogP contribution < -0.4 is 10.6 Å². The summed E-state index contributed by atoms with van der Waals surface area (Å²) in [4.78, 5) is 11.4. The molecule has 0 unspecified atom stereocenters. The van der Waals surface area contributed by atoms with Gasteiger partial charge in [0.2, 0.25) is 5.91 Å². The van der Waals surface area contributed by atoms with Gasteiger partial charge in [0.05, 0.1) is 12.2 Å². The zero-order valence-corrected chi connectivity index (χ0v) is 9.80. The monoisotopic (exact) mass is 224 g/mol. The minimum absolute atomic E-state index is 0.185. The summed E-state index contributed by atoms with van der Waals surface area (Å²) in [5.41, 5.74) is 1.05. The Kier molecular flexibility index (Phi) is 4.43. The summed E-state index contributed by atoms with van der Waals surface area (Å²) >= 11 is 0. The van der Waals surface area contributed by atoms with Gasteiger partial charge in [0, 0.05) is 6.04 Å². The van der Waals surface area contributed by atoms with Crippen LogP contribution in [0.5, 0.6) is 0 Å². The van der Waals surface area contributed by atoms with Crippen LogP contribution in [0.25, 0.3) is 0 Å². The number of anilines is 1. The second kappa shape index (κ2) is 5.61. The molecule has 0 aromatic heterocycles. The lowest BCUT2D eigenvalue weighted by atomic mass is 10.2. The van der Waals surface area contributed by atoms with Gasteiger partial charge in [-0.1, -0.05) is 19.9 Å². The van der Waals surface area contributed by atoms with E-state index < -0.39 is 5.82 Å². The summed E-state index contributed by atoms with van der Waals surface area (Å²) in [6.07, 6.45) is 0. The number of halogens is 1. The summed E-state index contributed by atoms with van der Waals surface area (Å²) in [6.45, 7) is 5.87. The fourth-order valence-corrected chi connectivity index (χ4v) is 1.21. The van der Waals surface area contributed by atoms with Gasteiger partial charge >= 0.3 is 0 Å². The quantitative estimate of drug-likeness (QED) is 0.822. The Labute approximate surface area is 95.0 Å². The van der Waals surface area contributed by atoms with Crippen molar-refractivity contribution >= 4 is 11.6 Å². The third-order valence-electron chi connectivity index (χ3n) is 2.07. The fraction of sp³-hybridized carbons (Fsp3) is 0.417. The number of hydrogen-bond donors (Lipinski definition) is 2.